The van der Waals surface area contributed by atoms with Gasteiger partial charge in [-0.3, -0.25) is 14.9 Å². The number of hydrogen-bond acceptors (Lipinski definition) is 4. The maximum atomic E-state index is 13.6. The molecule has 26 heavy (non-hydrogen) atoms. The Morgan fingerprint density at radius 2 is 2.19 bits per heavy atom. The lowest BCUT2D eigenvalue weighted by molar-refractivity contribution is 0.0699. The zero-order valence-electron chi connectivity index (χ0n) is 14.1. The average Bonchev–Trinajstić information content (AvgIpc) is 3.18. The molecule has 1 saturated heterocycles. The standard InChI is InChI=1S/C19H18FN5O/c20-15-5-1-3-13(9-15)16-10-23-24-18(16)14-4-2-8-25(12-14)19(26)17-11-21-6-7-22-17/h1,3,5-7,9-11,14H,2,4,8,12H2,(H,23,24). The molecule has 0 saturated carbocycles. The number of benzene rings is 1. The van der Waals surface area contributed by atoms with Crippen molar-refractivity contribution in [3.63, 3.8) is 0 Å². The number of likely N-dealkylation sites (tertiary alicyclic amines) is 1. The SMILES string of the molecule is O=C(c1cnccn1)N1CCCC(c2[nH]ncc2-c2cccc(F)c2)C1. The van der Waals surface area contributed by atoms with Crippen LogP contribution in [-0.2, 0) is 0 Å². The Kier molecular flexibility index (Phi) is 4.43. The maximum absolute atomic E-state index is 13.6. The predicted molar refractivity (Wildman–Crippen MR) is 93.9 cm³/mol. The summed E-state index contributed by atoms with van der Waals surface area (Å²) in [6.07, 6.45) is 8.10. The van der Waals surface area contributed by atoms with Crippen molar-refractivity contribution >= 4 is 5.91 Å². The molecule has 1 unspecified atom stereocenters. The van der Waals surface area contributed by atoms with Crippen molar-refractivity contribution < 1.29 is 9.18 Å². The van der Waals surface area contributed by atoms with Gasteiger partial charge in [0.1, 0.15) is 11.5 Å². The first-order chi connectivity index (χ1) is 12.7. The molecule has 132 valence electrons. The lowest BCUT2D eigenvalue weighted by Gasteiger charge is -2.32. The fourth-order valence-electron chi connectivity index (χ4n) is 3.46. The van der Waals surface area contributed by atoms with Gasteiger partial charge in [-0.2, -0.15) is 5.10 Å². The van der Waals surface area contributed by atoms with Crippen molar-refractivity contribution in [1.82, 2.24) is 25.1 Å². The molecule has 0 radical (unpaired) electrons. The Bertz CT molecular complexity index is 911. The number of nitrogens with zero attached hydrogens (tertiary/aromatic N) is 4. The molecule has 1 aliphatic rings. The van der Waals surface area contributed by atoms with Gasteiger partial charge in [0.15, 0.2) is 0 Å². The molecule has 0 bridgehead atoms. The van der Waals surface area contributed by atoms with E-state index in [2.05, 4.69) is 20.2 Å². The highest BCUT2D eigenvalue weighted by atomic mass is 19.1. The van der Waals surface area contributed by atoms with Gasteiger partial charge < -0.3 is 4.90 Å². The Balaban J connectivity index is 1.58. The van der Waals surface area contributed by atoms with Crippen LogP contribution >= 0.6 is 0 Å². The largest absolute Gasteiger partial charge is 0.337 e. The van der Waals surface area contributed by atoms with Crippen LogP contribution in [0.4, 0.5) is 4.39 Å². The topological polar surface area (TPSA) is 74.8 Å². The molecular weight excluding hydrogens is 333 g/mol. The number of carbonyl (C=O) groups is 1. The number of halogens is 1. The van der Waals surface area contributed by atoms with Crippen molar-refractivity contribution in [3.8, 4) is 11.1 Å². The minimum absolute atomic E-state index is 0.116. The summed E-state index contributed by atoms with van der Waals surface area (Å²) in [7, 11) is 0. The second kappa shape index (κ2) is 7.03. The first-order valence-corrected chi connectivity index (χ1v) is 8.57. The van der Waals surface area contributed by atoms with Gasteiger partial charge in [-0.05, 0) is 30.5 Å². The van der Waals surface area contributed by atoms with Crippen LogP contribution in [-0.4, -0.2) is 44.1 Å². The third-order valence-electron chi connectivity index (χ3n) is 4.70. The fourth-order valence-corrected chi connectivity index (χ4v) is 3.46. The highest BCUT2D eigenvalue weighted by molar-refractivity contribution is 5.92. The van der Waals surface area contributed by atoms with Gasteiger partial charge in [-0.1, -0.05) is 12.1 Å². The molecule has 0 aliphatic carbocycles. The van der Waals surface area contributed by atoms with Crippen molar-refractivity contribution in [1.29, 1.82) is 0 Å². The normalized spacial score (nSPS) is 17.3. The zero-order chi connectivity index (χ0) is 17.9. The number of rotatable bonds is 3. The molecule has 1 N–H and O–H groups in total. The van der Waals surface area contributed by atoms with E-state index < -0.39 is 0 Å². The summed E-state index contributed by atoms with van der Waals surface area (Å²) < 4.78 is 13.6. The number of H-pyrrole nitrogens is 1. The van der Waals surface area contributed by atoms with Crippen LogP contribution in [0.25, 0.3) is 11.1 Å². The molecule has 0 spiro atoms. The lowest BCUT2D eigenvalue weighted by Crippen LogP contribution is -2.39. The van der Waals surface area contributed by atoms with E-state index in [1.807, 2.05) is 6.07 Å². The average molecular weight is 351 g/mol. The minimum Gasteiger partial charge on any atom is -0.337 e. The predicted octanol–water partition coefficient (Wildman–Crippen LogP) is 3.03. The number of nitrogens with one attached hydrogen (secondary N) is 1. The second-order valence-electron chi connectivity index (χ2n) is 6.39. The summed E-state index contributed by atoms with van der Waals surface area (Å²) in [5, 5.41) is 7.21. The number of aromatic amines is 1. The quantitative estimate of drug-likeness (QED) is 0.787. The molecule has 1 atom stereocenters. The third kappa shape index (κ3) is 3.20. The molecule has 3 heterocycles. The van der Waals surface area contributed by atoms with Crippen LogP contribution in [0.1, 0.15) is 34.9 Å². The van der Waals surface area contributed by atoms with E-state index in [0.29, 0.717) is 18.8 Å². The van der Waals surface area contributed by atoms with Crippen LogP contribution in [0.2, 0.25) is 0 Å². The number of amides is 1. The number of hydrogen-bond donors (Lipinski definition) is 1. The van der Waals surface area contributed by atoms with Crippen LogP contribution in [0.5, 0.6) is 0 Å². The van der Waals surface area contributed by atoms with Crippen molar-refractivity contribution in [2.45, 2.75) is 18.8 Å². The third-order valence-corrected chi connectivity index (χ3v) is 4.70. The summed E-state index contributed by atoms with van der Waals surface area (Å²) in [6.45, 7) is 1.26. The Hall–Kier alpha value is -3.09. The second-order valence-corrected chi connectivity index (χ2v) is 6.39. The lowest BCUT2D eigenvalue weighted by atomic mass is 9.90. The van der Waals surface area contributed by atoms with Gasteiger partial charge in [-0.15, -0.1) is 0 Å². The van der Waals surface area contributed by atoms with Crippen LogP contribution in [0, 0.1) is 5.82 Å². The Labute approximate surface area is 150 Å². The van der Waals surface area contributed by atoms with Gasteiger partial charge in [0.2, 0.25) is 0 Å². The molecule has 1 amide bonds. The van der Waals surface area contributed by atoms with Gasteiger partial charge in [0, 0.05) is 42.7 Å². The van der Waals surface area contributed by atoms with E-state index in [-0.39, 0.29) is 17.6 Å². The van der Waals surface area contributed by atoms with E-state index in [4.69, 9.17) is 0 Å². The van der Waals surface area contributed by atoms with Gasteiger partial charge in [0.05, 0.1) is 12.4 Å². The number of piperidine rings is 1. The molecule has 4 rings (SSSR count). The van der Waals surface area contributed by atoms with Crippen molar-refractivity contribution in [2.75, 3.05) is 13.1 Å². The molecule has 6 nitrogen and oxygen atoms in total. The summed E-state index contributed by atoms with van der Waals surface area (Å²) in [5.74, 6) is -0.280. The van der Waals surface area contributed by atoms with Crippen LogP contribution in [0.3, 0.4) is 0 Å². The van der Waals surface area contributed by atoms with E-state index in [0.717, 1.165) is 29.7 Å². The van der Waals surface area contributed by atoms with Crippen LogP contribution < -0.4 is 0 Å². The number of aromatic nitrogens is 4. The van der Waals surface area contributed by atoms with Crippen molar-refractivity contribution in [3.05, 3.63) is 66.3 Å². The van der Waals surface area contributed by atoms with Gasteiger partial charge >= 0.3 is 0 Å². The van der Waals surface area contributed by atoms with Crippen molar-refractivity contribution in [2.24, 2.45) is 0 Å². The van der Waals surface area contributed by atoms with Crippen LogP contribution in [0.15, 0.2) is 49.1 Å². The molecule has 1 aliphatic heterocycles. The maximum Gasteiger partial charge on any atom is 0.274 e. The zero-order valence-corrected chi connectivity index (χ0v) is 14.1. The summed E-state index contributed by atoms with van der Waals surface area (Å²) >= 11 is 0. The summed E-state index contributed by atoms with van der Waals surface area (Å²) in [6, 6.07) is 6.47. The Morgan fingerprint density at radius 1 is 1.27 bits per heavy atom. The molecule has 3 aromatic rings. The molecule has 1 aromatic carbocycles. The first kappa shape index (κ1) is 16.4. The van der Waals surface area contributed by atoms with Gasteiger partial charge in [-0.25, -0.2) is 9.37 Å². The highest BCUT2D eigenvalue weighted by Crippen LogP contribution is 2.33. The first-order valence-electron chi connectivity index (χ1n) is 8.57. The fraction of sp³-hybridized carbons (Fsp3) is 0.263. The molecule has 2 aromatic heterocycles. The monoisotopic (exact) mass is 351 g/mol. The molecule has 1 fully saturated rings. The number of carbonyl (C=O) groups excluding carboxylic acids is 1. The molecule has 7 heteroatoms. The van der Waals surface area contributed by atoms with E-state index >= 15 is 0 Å². The minimum atomic E-state index is -0.280. The van der Waals surface area contributed by atoms with E-state index in [9.17, 15) is 9.18 Å². The Morgan fingerprint density at radius 3 is 3.00 bits per heavy atom. The summed E-state index contributed by atoms with van der Waals surface area (Å²) in [5.41, 5.74) is 2.95. The van der Waals surface area contributed by atoms with E-state index in [1.54, 1.807) is 23.4 Å². The summed E-state index contributed by atoms with van der Waals surface area (Å²) in [4.78, 5) is 22.5. The van der Waals surface area contributed by atoms with Gasteiger partial charge in [0.25, 0.3) is 5.91 Å². The smallest absolute Gasteiger partial charge is 0.274 e. The van der Waals surface area contributed by atoms with E-state index in [1.165, 1.54) is 24.5 Å². The highest BCUT2D eigenvalue weighted by Gasteiger charge is 2.28. The molecular formula is C19H18FN5O.